The molecule has 1 aliphatic rings. The number of rotatable bonds is 6. The van der Waals surface area contributed by atoms with Crippen molar-refractivity contribution in [3.63, 3.8) is 0 Å². The van der Waals surface area contributed by atoms with Gasteiger partial charge in [-0.3, -0.25) is 4.79 Å². The van der Waals surface area contributed by atoms with Gasteiger partial charge in [-0.1, -0.05) is 18.9 Å². The van der Waals surface area contributed by atoms with E-state index in [0.29, 0.717) is 12.2 Å². The van der Waals surface area contributed by atoms with Gasteiger partial charge in [0.1, 0.15) is 5.82 Å². The Bertz CT molecular complexity index is 459. The van der Waals surface area contributed by atoms with E-state index in [-0.39, 0.29) is 30.3 Å². The van der Waals surface area contributed by atoms with Crippen LogP contribution in [0.15, 0.2) is 24.3 Å². The second-order valence-electron chi connectivity index (χ2n) is 5.53. The number of halogens is 1. The number of benzene rings is 1. The lowest BCUT2D eigenvalue weighted by molar-refractivity contribution is -0.115. The summed E-state index contributed by atoms with van der Waals surface area (Å²) in [5.74, 6) is -0.581. The number of carbonyl (C=O) groups is 1. The molecule has 1 amide bonds. The zero-order chi connectivity index (χ0) is 14.4. The first kappa shape index (κ1) is 14.9. The van der Waals surface area contributed by atoms with Gasteiger partial charge in [-0.05, 0) is 31.0 Å². The number of hydrogen-bond acceptors (Lipinski definition) is 3. The fourth-order valence-corrected chi connectivity index (χ4v) is 2.73. The van der Waals surface area contributed by atoms with Crippen LogP contribution in [0.5, 0.6) is 0 Å². The molecule has 5 heteroatoms. The quantitative estimate of drug-likeness (QED) is 0.746. The fourth-order valence-electron chi connectivity index (χ4n) is 2.73. The zero-order valence-corrected chi connectivity index (χ0v) is 11.5. The van der Waals surface area contributed by atoms with Gasteiger partial charge in [-0.15, -0.1) is 0 Å². The number of carbonyl (C=O) groups excluding carboxylic acids is 1. The number of aliphatic hydroxyl groups is 1. The first-order valence-electron chi connectivity index (χ1n) is 7.01. The molecule has 1 saturated carbocycles. The van der Waals surface area contributed by atoms with Crippen LogP contribution in [0.3, 0.4) is 0 Å². The summed E-state index contributed by atoms with van der Waals surface area (Å²) >= 11 is 0. The lowest BCUT2D eigenvalue weighted by Crippen LogP contribution is -2.38. The van der Waals surface area contributed by atoms with Crippen molar-refractivity contribution in [3.05, 3.63) is 30.1 Å². The molecule has 3 N–H and O–H groups in total. The molecule has 1 aromatic carbocycles. The van der Waals surface area contributed by atoms with E-state index in [2.05, 4.69) is 10.6 Å². The topological polar surface area (TPSA) is 61.4 Å². The molecule has 0 aromatic heterocycles. The summed E-state index contributed by atoms with van der Waals surface area (Å²) in [6.45, 7) is 0.962. The second-order valence-corrected chi connectivity index (χ2v) is 5.53. The third kappa shape index (κ3) is 4.02. The molecule has 1 fully saturated rings. The van der Waals surface area contributed by atoms with Gasteiger partial charge >= 0.3 is 0 Å². The van der Waals surface area contributed by atoms with E-state index in [0.717, 1.165) is 25.7 Å². The Hall–Kier alpha value is -1.46. The van der Waals surface area contributed by atoms with Crippen LogP contribution < -0.4 is 10.6 Å². The third-order valence-electron chi connectivity index (χ3n) is 3.89. The third-order valence-corrected chi connectivity index (χ3v) is 3.89. The summed E-state index contributed by atoms with van der Waals surface area (Å²) in [6, 6.07) is 5.81. The van der Waals surface area contributed by atoms with Crippen LogP contribution in [-0.2, 0) is 4.79 Å². The second kappa shape index (κ2) is 6.81. The highest BCUT2D eigenvalue weighted by molar-refractivity contribution is 5.92. The zero-order valence-electron chi connectivity index (χ0n) is 11.5. The van der Waals surface area contributed by atoms with Gasteiger partial charge in [0.2, 0.25) is 5.91 Å². The van der Waals surface area contributed by atoms with Gasteiger partial charge in [-0.2, -0.15) is 0 Å². The largest absolute Gasteiger partial charge is 0.396 e. The van der Waals surface area contributed by atoms with Crippen molar-refractivity contribution in [1.29, 1.82) is 0 Å². The average molecular weight is 280 g/mol. The monoisotopic (exact) mass is 280 g/mol. The molecule has 1 aromatic rings. The minimum absolute atomic E-state index is 0.0703. The first-order chi connectivity index (χ1) is 9.63. The van der Waals surface area contributed by atoms with Crippen molar-refractivity contribution < 1.29 is 14.3 Å². The highest BCUT2D eigenvalue weighted by Gasteiger charge is 2.32. The fraction of sp³-hybridized carbons (Fsp3) is 0.533. The van der Waals surface area contributed by atoms with Crippen molar-refractivity contribution >= 4 is 11.6 Å². The molecule has 0 atom stereocenters. The standard InChI is InChI=1S/C15H21FN2O2/c16-12-4-3-5-13(8-12)18-14(20)9-17-10-15(11-19)6-1-2-7-15/h3-5,8,17,19H,1-2,6-7,9-11H2,(H,18,20). The van der Waals surface area contributed by atoms with Crippen molar-refractivity contribution in [2.24, 2.45) is 5.41 Å². The Morgan fingerprint density at radius 3 is 2.75 bits per heavy atom. The molecular weight excluding hydrogens is 259 g/mol. The SMILES string of the molecule is O=C(CNCC1(CO)CCCC1)Nc1cccc(F)c1. The van der Waals surface area contributed by atoms with Crippen molar-refractivity contribution in [2.45, 2.75) is 25.7 Å². The molecule has 110 valence electrons. The van der Waals surface area contributed by atoms with E-state index < -0.39 is 0 Å². The van der Waals surface area contributed by atoms with Crippen LogP contribution in [0.25, 0.3) is 0 Å². The highest BCUT2D eigenvalue weighted by atomic mass is 19.1. The first-order valence-corrected chi connectivity index (χ1v) is 7.01. The van der Waals surface area contributed by atoms with Crippen LogP contribution in [0.1, 0.15) is 25.7 Å². The minimum atomic E-state index is -0.374. The maximum atomic E-state index is 13.0. The number of amides is 1. The van der Waals surface area contributed by atoms with E-state index in [1.54, 1.807) is 12.1 Å². The number of nitrogens with one attached hydrogen (secondary N) is 2. The van der Waals surface area contributed by atoms with E-state index in [9.17, 15) is 14.3 Å². The Kier molecular flexibility index (Phi) is 5.09. The predicted molar refractivity (Wildman–Crippen MR) is 75.9 cm³/mol. The molecular formula is C15H21FN2O2. The van der Waals surface area contributed by atoms with Crippen LogP contribution in [-0.4, -0.2) is 30.7 Å². The van der Waals surface area contributed by atoms with Crippen LogP contribution in [0.2, 0.25) is 0 Å². The summed E-state index contributed by atoms with van der Waals surface area (Å²) < 4.78 is 13.0. The number of aliphatic hydroxyl groups excluding tert-OH is 1. The van der Waals surface area contributed by atoms with Gasteiger partial charge in [0, 0.05) is 24.3 Å². The van der Waals surface area contributed by atoms with Crippen LogP contribution in [0.4, 0.5) is 10.1 Å². The Labute approximate surface area is 118 Å². The average Bonchev–Trinajstić information content (AvgIpc) is 2.88. The predicted octanol–water partition coefficient (Wildman–Crippen LogP) is 1.91. The lowest BCUT2D eigenvalue weighted by atomic mass is 9.87. The van der Waals surface area contributed by atoms with Gasteiger partial charge < -0.3 is 15.7 Å². The van der Waals surface area contributed by atoms with Crippen LogP contribution in [0, 0.1) is 11.2 Å². The van der Waals surface area contributed by atoms with E-state index >= 15 is 0 Å². The lowest BCUT2D eigenvalue weighted by Gasteiger charge is -2.26. The normalized spacial score (nSPS) is 17.1. The van der Waals surface area contributed by atoms with E-state index in [1.807, 2.05) is 0 Å². The summed E-state index contributed by atoms with van der Waals surface area (Å²) in [5.41, 5.74) is 0.383. The van der Waals surface area contributed by atoms with Gasteiger partial charge in [0.15, 0.2) is 0 Å². The molecule has 0 bridgehead atoms. The van der Waals surface area contributed by atoms with Crippen molar-refractivity contribution in [3.8, 4) is 0 Å². The van der Waals surface area contributed by atoms with Gasteiger partial charge in [0.25, 0.3) is 0 Å². The molecule has 20 heavy (non-hydrogen) atoms. The molecule has 0 spiro atoms. The van der Waals surface area contributed by atoms with Gasteiger partial charge in [0.05, 0.1) is 6.54 Å². The Morgan fingerprint density at radius 1 is 1.35 bits per heavy atom. The van der Waals surface area contributed by atoms with E-state index in [4.69, 9.17) is 0 Å². The maximum absolute atomic E-state index is 13.0. The maximum Gasteiger partial charge on any atom is 0.238 e. The Morgan fingerprint density at radius 2 is 2.10 bits per heavy atom. The number of anilines is 1. The molecule has 2 rings (SSSR count). The summed E-state index contributed by atoms with van der Waals surface area (Å²) in [5, 5.41) is 15.2. The van der Waals surface area contributed by atoms with Crippen molar-refractivity contribution in [1.82, 2.24) is 5.32 Å². The molecule has 0 radical (unpaired) electrons. The summed E-state index contributed by atoms with van der Waals surface area (Å²) in [7, 11) is 0. The molecule has 0 saturated heterocycles. The molecule has 1 aliphatic carbocycles. The van der Waals surface area contributed by atoms with E-state index in [1.165, 1.54) is 12.1 Å². The van der Waals surface area contributed by atoms with Crippen molar-refractivity contribution in [2.75, 3.05) is 25.0 Å². The molecule has 0 unspecified atom stereocenters. The smallest absolute Gasteiger partial charge is 0.238 e. The van der Waals surface area contributed by atoms with Crippen LogP contribution >= 0.6 is 0 Å². The number of hydrogen-bond donors (Lipinski definition) is 3. The highest BCUT2D eigenvalue weighted by Crippen LogP contribution is 2.36. The summed E-state index contributed by atoms with van der Waals surface area (Å²) in [4.78, 5) is 11.7. The minimum Gasteiger partial charge on any atom is -0.396 e. The molecule has 0 heterocycles. The molecule has 4 nitrogen and oxygen atoms in total. The Balaban J connectivity index is 1.75. The van der Waals surface area contributed by atoms with Gasteiger partial charge in [-0.25, -0.2) is 4.39 Å². The molecule has 0 aliphatic heterocycles. The summed E-state index contributed by atoms with van der Waals surface area (Å²) in [6.07, 6.45) is 4.28.